The van der Waals surface area contributed by atoms with Gasteiger partial charge in [0, 0.05) is 24.8 Å². The zero-order chi connectivity index (χ0) is 18.7. The monoisotopic (exact) mass is 383 g/mol. The Morgan fingerprint density at radius 3 is 2.46 bits per heavy atom. The van der Waals surface area contributed by atoms with E-state index >= 15 is 0 Å². The third kappa shape index (κ3) is 2.92. The second kappa shape index (κ2) is 5.56. The van der Waals surface area contributed by atoms with Gasteiger partial charge in [0.05, 0.1) is 10.8 Å². The van der Waals surface area contributed by atoms with Crippen molar-refractivity contribution in [2.45, 2.75) is 55.4 Å². The van der Waals surface area contributed by atoms with Crippen molar-refractivity contribution >= 4 is 10.0 Å². The molecule has 0 unspecified atom stereocenters. The number of nitrogens with one attached hydrogen (secondary N) is 1. The first kappa shape index (κ1) is 17.5. The van der Waals surface area contributed by atoms with Crippen LogP contribution in [0.2, 0.25) is 0 Å². The number of sulfonamides is 1. The van der Waals surface area contributed by atoms with Crippen LogP contribution in [-0.2, 0) is 10.0 Å². The van der Waals surface area contributed by atoms with E-state index in [0.717, 1.165) is 0 Å². The maximum absolute atomic E-state index is 13.0. The molecule has 1 N–H and O–H groups in total. The minimum Gasteiger partial charge on any atom is -0.339 e. The van der Waals surface area contributed by atoms with E-state index in [4.69, 9.17) is 4.52 Å². The van der Waals surface area contributed by atoms with Gasteiger partial charge >= 0.3 is 0 Å². The highest BCUT2D eigenvalue weighted by Crippen LogP contribution is 2.59. The zero-order valence-corrected chi connectivity index (χ0v) is 15.1. The highest BCUT2D eigenvalue weighted by atomic mass is 32.2. The van der Waals surface area contributed by atoms with Gasteiger partial charge in [-0.3, -0.25) is 0 Å². The van der Waals surface area contributed by atoms with Crippen LogP contribution in [0.1, 0.15) is 50.2 Å². The molecule has 1 aromatic carbocycles. The maximum atomic E-state index is 13.0. The normalized spacial score (nSPS) is 27.1. The van der Waals surface area contributed by atoms with Crippen molar-refractivity contribution in [2.24, 2.45) is 5.41 Å². The van der Waals surface area contributed by atoms with E-state index in [2.05, 4.69) is 14.9 Å². The average Bonchev–Trinajstić information content (AvgIpc) is 2.89. The van der Waals surface area contributed by atoms with E-state index in [0.29, 0.717) is 5.89 Å². The standard InChI is InChI=1S/C17H19F2N3O3S/c1-16(2)12(13(16)22-26(23,24)11-6-4-3-5-7-11)15-20-14(21-25-15)10-8-17(18,19)9-10/h3-7,10,12-13,22H,8-9H2,1-2H3/t12-,13-/m1/s1. The summed E-state index contributed by atoms with van der Waals surface area (Å²) in [5.74, 6) is -2.77. The summed E-state index contributed by atoms with van der Waals surface area (Å²) in [6.07, 6.45) is -0.547. The van der Waals surface area contributed by atoms with Crippen molar-refractivity contribution in [1.82, 2.24) is 14.9 Å². The summed E-state index contributed by atoms with van der Waals surface area (Å²) in [7, 11) is -3.67. The third-order valence-corrected chi connectivity index (χ3v) is 6.80. The molecule has 2 atom stereocenters. The van der Waals surface area contributed by atoms with Crippen LogP contribution in [0.3, 0.4) is 0 Å². The first-order valence-electron chi connectivity index (χ1n) is 8.39. The highest BCUT2D eigenvalue weighted by Gasteiger charge is 2.63. The molecule has 26 heavy (non-hydrogen) atoms. The van der Waals surface area contributed by atoms with Crippen LogP contribution >= 0.6 is 0 Å². The van der Waals surface area contributed by atoms with E-state index in [9.17, 15) is 17.2 Å². The summed E-state index contributed by atoms with van der Waals surface area (Å²) < 4.78 is 59.0. The van der Waals surface area contributed by atoms with Crippen LogP contribution < -0.4 is 4.72 Å². The smallest absolute Gasteiger partial charge is 0.249 e. The molecule has 1 aromatic heterocycles. The van der Waals surface area contributed by atoms with Gasteiger partial charge in [0.2, 0.25) is 21.8 Å². The molecule has 6 nitrogen and oxygen atoms in total. The molecule has 2 fully saturated rings. The van der Waals surface area contributed by atoms with E-state index in [-0.39, 0.29) is 29.5 Å². The molecule has 2 aromatic rings. The summed E-state index contributed by atoms with van der Waals surface area (Å²) in [6.45, 7) is 3.80. The molecule has 9 heteroatoms. The van der Waals surface area contributed by atoms with Gasteiger partial charge in [0.1, 0.15) is 0 Å². The highest BCUT2D eigenvalue weighted by molar-refractivity contribution is 7.89. The molecule has 0 saturated heterocycles. The summed E-state index contributed by atoms with van der Waals surface area (Å²) in [4.78, 5) is 4.45. The van der Waals surface area contributed by atoms with Gasteiger partial charge in [-0.1, -0.05) is 37.2 Å². The van der Waals surface area contributed by atoms with Crippen molar-refractivity contribution in [1.29, 1.82) is 0 Å². The molecule has 0 radical (unpaired) electrons. The SMILES string of the molecule is CC1(C)[C@H](NS(=O)(=O)c2ccccc2)[C@@H]1c1nc(C2CC(F)(F)C2)no1. The number of benzene rings is 1. The van der Waals surface area contributed by atoms with Gasteiger partial charge < -0.3 is 4.52 Å². The Labute approximate surface area is 150 Å². The van der Waals surface area contributed by atoms with Crippen molar-refractivity contribution in [2.75, 3.05) is 0 Å². The first-order valence-corrected chi connectivity index (χ1v) is 9.87. The Balaban J connectivity index is 1.50. The number of hydrogen-bond acceptors (Lipinski definition) is 5. The molecule has 140 valence electrons. The third-order valence-electron chi connectivity index (χ3n) is 5.34. The van der Waals surface area contributed by atoms with Gasteiger partial charge in [-0.25, -0.2) is 21.9 Å². The van der Waals surface area contributed by atoms with Crippen molar-refractivity contribution in [3.63, 3.8) is 0 Å². The Morgan fingerprint density at radius 2 is 1.85 bits per heavy atom. The van der Waals surface area contributed by atoms with E-state index in [1.807, 2.05) is 13.8 Å². The van der Waals surface area contributed by atoms with Crippen molar-refractivity contribution < 1.29 is 21.7 Å². The Morgan fingerprint density at radius 1 is 1.19 bits per heavy atom. The predicted octanol–water partition coefficient (Wildman–Crippen LogP) is 3.05. The molecule has 0 bridgehead atoms. The minimum absolute atomic E-state index is 0.185. The summed E-state index contributed by atoms with van der Waals surface area (Å²) in [5.41, 5.74) is -0.408. The van der Waals surface area contributed by atoms with Gasteiger partial charge in [0.25, 0.3) is 0 Å². The fraction of sp³-hybridized carbons (Fsp3) is 0.529. The average molecular weight is 383 g/mol. The quantitative estimate of drug-likeness (QED) is 0.858. The number of hydrogen-bond donors (Lipinski definition) is 1. The largest absolute Gasteiger partial charge is 0.339 e. The van der Waals surface area contributed by atoms with Gasteiger partial charge in [-0.05, 0) is 17.5 Å². The fourth-order valence-corrected chi connectivity index (χ4v) is 4.96. The lowest BCUT2D eigenvalue weighted by molar-refractivity contribution is -0.0888. The number of rotatable bonds is 5. The molecule has 2 aliphatic rings. The van der Waals surface area contributed by atoms with Crippen LogP contribution in [0.25, 0.3) is 0 Å². The Kier molecular flexibility index (Phi) is 3.75. The Bertz CT molecular complexity index is 920. The second-order valence-electron chi connectivity index (χ2n) is 7.66. The van der Waals surface area contributed by atoms with E-state index in [1.165, 1.54) is 12.1 Å². The maximum Gasteiger partial charge on any atom is 0.249 e. The first-order chi connectivity index (χ1) is 12.1. The zero-order valence-electron chi connectivity index (χ0n) is 14.3. The van der Waals surface area contributed by atoms with Crippen molar-refractivity contribution in [3.05, 3.63) is 42.0 Å². The molecule has 0 aliphatic heterocycles. The molecular formula is C17H19F2N3O3S. The lowest BCUT2D eigenvalue weighted by Gasteiger charge is -2.32. The topological polar surface area (TPSA) is 85.1 Å². The molecule has 0 spiro atoms. The molecule has 0 amide bonds. The molecule has 1 heterocycles. The van der Waals surface area contributed by atoms with E-state index in [1.54, 1.807) is 18.2 Å². The van der Waals surface area contributed by atoms with Crippen LogP contribution in [-0.4, -0.2) is 30.5 Å². The van der Waals surface area contributed by atoms with Gasteiger partial charge in [-0.2, -0.15) is 4.98 Å². The lowest BCUT2D eigenvalue weighted by atomic mass is 9.81. The summed E-state index contributed by atoms with van der Waals surface area (Å²) >= 11 is 0. The number of halogens is 2. The van der Waals surface area contributed by atoms with E-state index < -0.39 is 33.3 Å². The molecule has 2 saturated carbocycles. The molecule has 4 rings (SSSR count). The number of aromatic nitrogens is 2. The van der Waals surface area contributed by atoms with Crippen LogP contribution in [0.4, 0.5) is 8.78 Å². The number of alkyl halides is 2. The molecular weight excluding hydrogens is 364 g/mol. The Hall–Kier alpha value is -1.87. The van der Waals surface area contributed by atoms with Crippen LogP contribution in [0, 0.1) is 5.41 Å². The lowest BCUT2D eigenvalue weighted by Crippen LogP contribution is -2.34. The summed E-state index contributed by atoms with van der Waals surface area (Å²) in [6, 6.07) is 7.70. The molecule has 2 aliphatic carbocycles. The van der Waals surface area contributed by atoms with Crippen LogP contribution in [0.15, 0.2) is 39.8 Å². The fourth-order valence-electron chi connectivity index (χ4n) is 3.54. The van der Waals surface area contributed by atoms with Gasteiger partial charge in [-0.15, -0.1) is 0 Å². The summed E-state index contributed by atoms with van der Waals surface area (Å²) in [5, 5.41) is 3.82. The predicted molar refractivity (Wildman–Crippen MR) is 88.3 cm³/mol. The van der Waals surface area contributed by atoms with Crippen molar-refractivity contribution in [3.8, 4) is 0 Å². The number of nitrogens with zero attached hydrogens (tertiary/aromatic N) is 2. The van der Waals surface area contributed by atoms with Crippen LogP contribution in [0.5, 0.6) is 0 Å². The minimum atomic E-state index is -3.67. The van der Waals surface area contributed by atoms with Gasteiger partial charge in [0.15, 0.2) is 5.82 Å². The second-order valence-corrected chi connectivity index (χ2v) is 9.38.